The topological polar surface area (TPSA) is 63.6 Å². The molecule has 5 nitrogen and oxygen atoms in total. The minimum absolute atomic E-state index is 0.111. The molecule has 0 saturated carbocycles. The fraction of sp³-hybridized carbons (Fsp3) is 0.533. The number of nitrogens with one attached hydrogen (secondary N) is 1. The predicted molar refractivity (Wildman–Crippen MR) is 75.3 cm³/mol. The van der Waals surface area contributed by atoms with Gasteiger partial charge in [0.25, 0.3) is 5.56 Å². The second-order valence-corrected chi connectivity index (χ2v) is 5.91. The molecule has 0 saturated heterocycles. The second kappa shape index (κ2) is 4.30. The van der Waals surface area contributed by atoms with E-state index in [4.69, 9.17) is 5.10 Å². The largest absolute Gasteiger partial charge is 0.291 e. The van der Waals surface area contributed by atoms with Crippen LogP contribution in [0.5, 0.6) is 0 Å². The Kier molecular flexibility index (Phi) is 2.55. The van der Waals surface area contributed by atoms with Gasteiger partial charge in [0.05, 0.1) is 11.4 Å². The van der Waals surface area contributed by atoms with Gasteiger partial charge in [-0.15, -0.1) is 0 Å². The minimum atomic E-state index is -0.111. The highest BCUT2D eigenvalue weighted by Crippen LogP contribution is 2.41. The summed E-state index contributed by atoms with van der Waals surface area (Å²) in [4.78, 5) is 18.9. The van der Waals surface area contributed by atoms with Gasteiger partial charge in [-0.1, -0.05) is 0 Å². The fourth-order valence-electron chi connectivity index (χ4n) is 3.72. The third kappa shape index (κ3) is 1.72. The number of aryl methyl sites for hydroxylation is 2. The zero-order valence-corrected chi connectivity index (χ0v) is 11.6. The van der Waals surface area contributed by atoms with Gasteiger partial charge in [-0.2, -0.15) is 5.10 Å². The molecular formula is C15H18N4O. The highest BCUT2D eigenvalue weighted by Gasteiger charge is 2.31. The second-order valence-electron chi connectivity index (χ2n) is 5.91. The van der Waals surface area contributed by atoms with Crippen LogP contribution in [0.4, 0.5) is 0 Å². The molecule has 104 valence electrons. The van der Waals surface area contributed by atoms with Crippen molar-refractivity contribution in [1.82, 2.24) is 19.7 Å². The van der Waals surface area contributed by atoms with E-state index >= 15 is 0 Å². The van der Waals surface area contributed by atoms with E-state index in [9.17, 15) is 4.79 Å². The molecule has 2 aromatic rings. The Balaban J connectivity index is 1.93. The maximum Gasteiger partial charge on any atom is 0.252 e. The minimum Gasteiger partial charge on any atom is -0.291 e. The smallest absolute Gasteiger partial charge is 0.252 e. The van der Waals surface area contributed by atoms with Crippen LogP contribution in [0.25, 0.3) is 5.95 Å². The third-order valence-corrected chi connectivity index (χ3v) is 4.50. The van der Waals surface area contributed by atoms with Crippen molar-refractivity contribution >= 4 is 0 Å². The number of H-pyrrole nitrogens is 1. The molecule has 1 N–H and O–H groups in total. The van der Waals surface area contributed by atoms with Crippen LogP contribution in [0.2, 0.25) is 0 Å². The average Bonchev–Trinajstić information content (AvgIpc) is 2.80. The zero-order valence-electron chi connectivity index (χ0n) is 11.6. The van der Waals surface area contributed by atoms with Gasteiger partial charge in [0.2, 0.25) is 5.95 Å². The first-order chi connectivity index (χ1) is 9.72. The number of hydrogen-bond donors (Lipinski definition) is 1. The summed E-state index contributed by atoms with van der Waals surface area (Å²) < 4.78 is 1.89. The Morgan fingerprint density at radius 3 is 2.90 bits per heavy atom. The molecule has 4 rings (SSSR count). The molecule has 2 aromatic heterocycles. The van der Waals surface area contributed by atoms with Crippen molar-refractivity contribution in [2.75, 3.05) is 0 Å². The van der Waals surface area contributed by atoms with Crippen molar-refractivity contribution in [2.24, 2.45) is 0 Å². The van der Waals surface area contributed by atoms with E-state index in [0.717, 1.165) is 18.5 Å². The number of hydrogen-bond acceptors (Lipinski definition) is 3. The van der Waals surface area contributed by atoms with Crippen LogP contribution in [0.1, 0.15) is 54.2 Å². The summed E-state index contributed by atoms with van der Waals surface area (Å²) in [5, 5.41) is 4.75. The summed E-state index contributed by atoms with van der Waals surface area (Å²) in [6.07, 6.45) is 7.09. The Bertz CT molecular complexity index is 726. The third-order valence-electron chi connectivity index (χ3n) is 4.50. The average molecular weight is 270 g/mol. The fourth-order valence-corrected chi connectivity index (χ4v) is 3.72. The van der Waals surface area contributed by atoms with E-state index in [1.165, 1.54) is 48.7 Å². The lowest BCUT2D eigenvalue weighted by molar-refractivity contribution is 0.475. The molecule has 0 spiro atoms. The number of rotatable bonds is 1. The van der Waals surface area contributed by atoms with Gasteiger partial charge in [0.15, 0.2) is 0 Å². The number of aromatic amines is 1. The lowest BCUT2D eigenvalue weighted by Gasteiger charge is -2.26. The lowest BCUT2D eigenvalue weighted by Crippen LogP contribution is -2.18. The summed E-state index contributed by atoms with van der Waals surface area (Å²) in [5.41, 5.74) is 4.56. The predicted octanol–water partition coefficient (Wildman–Crippen LogP) is 2.02. The van der Waals surface area contributed by atoms with Crippen LogP contribution in [0.3, 0.4) is 0 Å². The van der Waals surface area contributed by atoms with Crippen LogP contribution in [0.15, 0.2) is 10.9 Å². The molecule has 1 unspecified atom stereocenters. The van der Waals surface area contributed by atoms with Crippen LogP contribution in [-0.4, -0.2) is 19.7 Å². The molecule has 5 heteroatoms. The van der Waals surface area contributed by atoms with Crippen molar-refractivity contribution in [1.29, 1.82) is 0 Å². The molecule has 1 atom stereocenters. The van der Waals surface area contributed by atoms with Crippen LogP contribution in [-0.2, 0) is 12.8 Å². The van der Waals surface area contributed by atoms with Crippen molar-refractivity contribution in [3.63, 3.8) is 0 Å². The molecule has 0 aliphatic heterocycles. The molecule has 2 heterocycles. The van der Waals surface area contributed by atoms with E-state index in [1.54, 1.807) is 0 Å². The van der Waals surface area contributed by atoms with E-state index in [0.29, 0.717) is 11.9 Å². The summed E-state index contributed by atoms with van der Waals surface area (Å²) >= 11 is 0. The molecule has 0 aromatic carbocycles. The van der Waals surface area contributed by atoms with Crippen molar-refractivity contribution in [3.8, 4) is 5.95 Å². The zero-order chi connectivity index (χ0) is 13.7. The monoisotopic (exact) mass is 270 g/mol. The Hall–Kier alpha value is -1.91. The maximum atomic E-state index is 11.7. The molecule has 2 aliphatic rings. The maximum absolute atomic E-state index is 11.7. The van der Waals surface area contributed by atoms with Gasteiger partial charge in [0, 0.05) is 17.3 Å². The molecule has 0 bridgehead atoms. The lowest BCUT2D eigenvalue weighted by atomic mass is 9.78. The first kappa shape index (κ1) is 11.9. The molecule has 0 fully saturated rings. The first-order valence-electron chi connectivity index (χ1n) is 7.41. The number of aromatic nitrogens is 4. The molecule has 0 radical (unpaired) electrons. The van der Waals surface area contributed by atoms with E-state index in [-0.39, 0.29) is 5.56 Å². The number of nitrogens with zero attached hydrogens (tertiary/aromatic N) is 3. The van der Waals surface area contributed by atoms with Gasteiger partial charge in [0.1, 0.15) is 0 Å². The summed E-state index contributed by atoms with van der Waals surface area (Å²) in [5.74, 6) is 1.24. The summed E-state index contributed by atoms with van der Waals surface area (Å²) in [6.45, 7) is 1.84. The molecular weight excluding hydrogens is 252 g/mol. The van der Waals surface area contributed by atoms with Gasteiger partial charge in [-0.3, -0.25) is 9.78 Å². The summed E-state index contributed by atoms with van der Waals surface area (Å²) in [6, 6.07) is 1.52. The van der Waals surface area contributed by atoms with Gasteiger partial charge in [-0.25, -0.2) is 9.67 Å². The standard InChI is InChI=1S/C15H18N4O/c1-9-8-13(20)17-15(16-9)19-12-7-3-5-10-4-2-6-11(18-19)14(10)12/h8,10H,2-7H2,1H3,(H,16,17,20). The Morgan fingerprint density at radius 1 is 1.30 bits per heavy atom. The SMILES string of the molecule is Cc1cc(=O)[nH]c(-n2nc3c4c2CCCC4CCC3)n1. The van der Waals surface area contributed by atoms with Crippen molar-refractivity contribution in [3.05, 3.63) is 39.1 Å². The highest BCUT2D eigenvalue weighted by atomic mass is 16.1. The van der Waals surface area contributed by atoms with Crippen LogP contribution >= 0.6 is 0 Å². The highest BCUT2D eigenvalue weighted by molar-refractivity contribution is 5.37. The first-order valence-corrected chi connectivity index (χ1v) is 7.41. The van der Waals surface area contributed by atoms with Crippen molar-refractivity contribution < 1.29 is 0 Å². The van der Waals surface area contributed by atoms with Gasteiger partial charge in [-0.05, 0) is 51.4 Å². The van der Waals surface area contributed by atoms with Crippen molar-refractivity contribution in [2.45, 2.75) is 51.4 Å². The van der Waals surface area contributed by atoms with E-state index < -0.39 is 0 Å². The van der Waals surface area contributed by atoms with Crippen LogP contribution in [0, 0.1) is 6.92 Å². The van der Waals surface area contributed by atoms with Gasteiger partial charge >= 0.3 is 0 Å². The Labute approximate surface area is 117 Å². The summed E-state index contributed by atoms with van der Waals surface area (Å²) in [7, 11) is 0. The molecule has 2 aliphatic carbocycles. The van der Waals surface area contributed by atoms with Crippen LogP contribution < -0.4 is 5.56 Å². The van der Waals surface area contributed by atoms with Gasteiger partial charge < -0.3 is 0 Å². The molecule has 0 amide bonds. The Morgan fingerprint density at radius 2 is 2.10 bits per heavy atom. The molecule has 20 heavy (non-hydrogen) atoms. The normalized spacial score (nSPS) is 20.8. The quantitative estimate of drug-likeness (QED) is 0.862. The van der Waals surface area contributed by atoms with E-state index in [2.05, 4.69) is 9.97 Å². The van der Waals surface area contributed by atoms with E-state index in [1.807, 2.05) is 11.6 Å².